The number of rotatable bonds is 5. The first kappa shape index (κ1) is 11.2. The molecule has 0 bridgehead atoms. The van der Waals surface area contributed by atoms with Crippen LogP contribution in [0.4, 0.5) is 0 Å². The van der Waals surface area contributed by atoms with Gasteiger partial charge in [-0.15, -0.1) is 0 Å². The van der Waals surface area contributed by atoms with Crippen molar-refractivity contribution >= 4 is 5.91 Å². The molecule has 0 saturated heterocycles. The van der Waals surface area contributed by atoms with Crippen molar-refractivity contribution < 1.29 is 9.53 Å². The molecule has 0 saturated carbocycles. The maximum Gasteiger partial charge on any atom is 0.244 e. The SMILES string of the molecule is CC(=CCOCC(C)C)C(N)=O. The lowest BCUT2D eigenvalue weighted by Crippen LogP contribution is -2.12. The number of carbonyl (C=O) groups excluding carboxylic acids is 1. The average Bonchev–Trinajstić information content (AvgIpc) is 1.97. The van der Waals surface area contributed by atoms with Gasteiger partial charge >= 0.3 is 0 Å². The summed E-state index contributed by atoms with van der Waals surface area (Å²) in [5.74, 6) is 0.135. The van der Waals surface area contributed by atoms with Crippen molar-refractivity contribution in [1.82, 2.24) is 0 Å². The molecule has 70 valence electrons. The van der Waals surface area contributed by atoms with E-state index in [9.17, 15) is 4.79 Å². The maximum atomic E-state index is 10.5. The second-order valence-electron chi connectivity index (χ2n) is 3.18. The number of primary amides is 1. The van der Waals surface area contributed by atoms with Crippen LogP contribution in [0, 0.1) is 5.92 Å². The molecule has 0 radical (unpaired) electrons. The lowest BCUT2D eigenvalue weighted by atomic mass is 10.2. The molecular weight excluding hydrogens is 154 g/mol. The zero-order chi connectivity index (χ0) is 9.56. The highest BCUT2D eigenvalue weighted by molar-refractivity contribution is 5.91. The van der Waals surface area contributed by atoms with Gasteiger partial charge in [0, 0.05) is 12.2 Å². The van der Waals surface area contributed by atoms with E-state index < -0.39 is 0 Å². The van der Waals surface area contributed by atoms with Gasteiger partial charge in [-0.05, 0) is 12.8 Å². The Balaban J connectivity index is 3.54. The van der Waals surface area contributed by atoms with E-state index >= 15 is 0 Å². The molecule has 0 unspecified atom stereocenters. The molecule has 0 heterocycles. The minimum absolute atomic E-state index is 0.386. The van der Waals surface area contributed by atoms with Crippen LogP contribution in [0.5, 0.6) is 0 Å². The largest absolute Gasteiger partial charge is 0.377 e. The van der Waals surface area contributed by atoms with E-state index in [1.165, 1.54) is 0 Å². The van der Waals surface area contributed by atoms with Crippen LogP contribution in [0.2, 0.25) is 0 Å². The summed E-state index contributed by atoms with van der Waals surface area (Å²) in [7, 11) is 0. The average molecular weight is 171 g/mol. The third-order valence-corrected chi connectivity index (χ3v) is 1.35. The number of hydrogen-bond acceptors (Lipinski definition) is 2. The number of nitrogens with two attached hydrogens (primary N) is 1. The van der Waals surface area contributed by atoms with E-state index in [2.05, 4.69) is 13.8 Å². The van der Waals surface area contributed by atoms with Gasteiger partial charge in [-0.25, -0.2) is 0 Å². The van der Waals surface area contributed by atoms with Crippen molar-refractivity contribution in [2.45, 2.75) is 20.8 Å². The normalized spacial score (nSPS) is 12.2. The van der Waals surface area contributed by atoms with E-state index in [-0.39, 0.29) is 5.91 Å². The Morgan fingerprint density at radius 3 is 2.58 bits per heavy atom. The Labute approximate surface area is 73.6 Å². The van der Waals surface area contributed by atoms with Crippen LogP contribution < -0.4 is 5.73 Å². The molecule has 0 aliphatic rings. The van der Waals surface area contributed by atoms with Crippen LogP contribution >= 0.6 is 0 Å². The van der Waals surface area contributed by atoms with Crippen molar-refractivity contribution in [1.29, 1.82) is 0 Å². The molecule has 0 aromatic carbocycles. The summed E-state index contributed by atoms with van der Waals surface area (Å²) in [6, 6.07) is 0. The standard InChI is InChI=1S/C9H17NO2/c1-7(2)6-12-5-4-8(3)9(10)11/h4,7H,5-6H2,1-3H3,(H2,10,11). The summed E-state index contributed by atoms with van der Waals surface area (Å²) < 4.78 is 5.23. The molecule has 3 nitrogen and oxygen atoms in total. The Morgan fingerprint density at radius 2 is 2.17 bits per heavy atom. The number of hydrogen-bond donors (Lipinski definition) is 1. The fourth-order valence-electron chi connectivity index (χ4n) is 0.588. The maximum absolute atomic E-state index is 10.5. The van der Waals surface area contributed by atoms with Gasteiger partial charge < -0.3 is 10.5 Å². The highest BCUT2D eigenvalue weighted by Crippen LogP contribution is 1.94. The van der Waals surface area contributed by atoms with Crippen LogP contribution in [0.15, 0.2) is 11.6 Å². The van der Waals surface area contributed by atoms with Gasteiger partial charge in [-0.3, -0.25) is 4.79 Å². The van der Waals surface area contributed by atoms with Gasteiger partial charge in [0.1, 0.15) is 0 Å². The van der Waals surface area contributed by atoms with Crippen LogP contribution in [0.3, 0.4) is 0 Å². The van der Waals surface area contributed by atoms with E-state index in [1.54, 1.807) is 13.0 Å². The molecule has 0 aliphatic carbocycles. The second kappa shape index (κ2) is 5.77. The number of carbonyl (C=O) groups is 1. The van der Waals surface area contributed by atoms with Gasteiger partial charge in [-0.1, -0.05) is 19.9 Å². The Kier molecular flexibility index (Phi) is 5.37. The molecule has 3 heteroatoms. The Hall–Kier alpha value is -0.830. The van der Waals surface area contributed by atoms with Crippen LogP contribution in [0.1, 0.15) is 20.8 Å². The molecule has 12 heavy (non-hydrogen) atoms. The molecule has 0 rings (SSSR count). The highest BCUT2D eigenvalue weighted by atomic mass is 16.5. The first-order valence-electron chi connectivity index (χ1n) is 4.08. The van der Waals surface area contributed by atoms with Gasteiger partial charge in [0.05, 0.1) is 6.61 Å². The van der Waals surface area contributed by atoms with Crippen LogP contribution in [-0.4, -0.2) is 19.1 Å². The van der Waals surface area contributed by atoms with E-state index in [1.807, 2.05) is 0 Å². The number of ether oxygens (including phenoxy) is 1. The number of amides is 1. The van der Waals surface area contributed by atoms with Gasteiger partial charge in [-0.2, -0.15) is 0 Å². The Morgan fingerprint density at radius 1 is 1.58 bits per heavy atom. The quantitative estimate of drug-likeness (QED) is 0.497. The monoisotopic (exact) mass is 171 g/mol. The third kappa shape index (κ3) is 5.92. The van der Waals surface area contributed by atoms with Crippen LogP contribution in [0.25, 0.3) is 0 Å². The molecule has 0 atom stereocenters. The predicted octanol–water partition coefficient (Wildman–Crippen LogP) is 1.09. The Bertz CT molecular complexity index is 173. The highest BCUT2D eigenvalue weighted by Gasteiger charge is 1.96. The summed E-state index contributed by atoms with van der Waals surface area (Å²) in [6.45, 7) is 7.01. The lowest BCUT2D eigenvalue weighted by Gasteiger charge is -2.03. The first-order chi connectivity index (χ1) is 5.54. The van der Waals surface area contributed by atoms with Crippen LogP contribution in [-0.2, 0) is 9.53 Å². The molecule has 0 spiro atoms. The van der Waals surface area contributed by atoms with Crippen molar-refractivity contribution in [2.75, 3.05) is 13.2 Å². The summed E-state index contributed by atoms with van der Waals surface area (Å²) in [5, 5.41) is 0. The van der Waals surface area contributed by atoms with E-state index in [4.69, 9.17) is 10.5 Å². The summed E-state index contributed by atoms with van der Waals surface area (Å²) in [5.41, 5.74) is 5.57. The second-order valence-corrected chi connectivity index (χ2v) is 3.18. The van der Waals surface area contributed by atoms with Crippen molar-refractivity contribution in [2.24, 2.45) is 11.7 Å². The predicted molar refractivity (Wildman–Crippen MR) is 48.6 cm³/mol. The fraction of sp³-hybridized carbons (Fsp3) is 0.667. The lowest BCUT2D eigenvalue weighted by molar-refractivity contribution is -0.114. The summed E-state index contributed by atoms with van der Waals surface area (Å²) in [6.07, 6.45) is 1.70. The van der Waals surface area contributed by atoms with E-state index in [0.717, 1.165) is 0 Å². The summed E-state index contributed by atoms with van der Waals surface area (Å²) in [4.78, 5) is 10.5. The molecule has 0 aromatic heterocycles. The molecular formula is C9H17NO2. The van der Waals surface area contributed by atoms with Gasteiger partial charge in [0.25, 0.3) is 0 Å². The van der Waals surface area contributed by atoms with Crippen molar-refractivity contribution in [3.63, 3.8) is 0 Å². The third-order valence-electron chi connectivity index (χ3n) is 1.35. The molecule has 0 aromatic rings. The van der Waals surface area contributed by atoms with Gasteiger partial charge in [0.2, 0.25) is 5.91 Å². The van der Waals surface area contributed by atoms with E-state index in [0.29, 0.717) is 24.7 Å². The molecule has 0 fully saturated rings. The molecule has 0 aliphatic heterocycles. The fourth-order valence-corrected chi connectivity index (χ4v) is 0.588. The first-order valence-corrected chi connectivity index (χ1v) is 4.08. The van der Waals surface area contributed by atoms with Crippen molar-refractivity contribution in [3.8, 4) is 0 Å². The zero-order valence-corrected chi connectivity index (χ0v) is 7.96. The minimum atomic E-state index is -0.386. The topological polar surface area (TPSA) is 52.3 Å². The van der Waals surface area contributed by atoms with Gasteiger partial charge in [0.15, 0.2) is 0 Å². The minimum Gasteiger partial charge on any atom is -0.377 e. The smallest absolute Gasteiger partial charge is 0.244 e. The molecule has 1 amide bonds. The zero-order valence-electron chi connectivity index (χ0n) is 7.96. The summed E-state index contributed by atoms with van der Waals surface area (Å²) >= 11 is 0. The molecule has 2 N–H and O–H groups in total. The van der Waals surface area contributed by atoms with Crippen molar-refractivity contribution in [3.05, 3.63) is 11.6 Å².